The average molecular weight is 353 g/mol. The van der Waals surface area contributed by atoms with E-state index in [1.165, 1.54) is 0 Å². The fourth-order valence-electron chi connectivity index (χ4n) is 3.63. The van der Waals surface area contributed by atoms with Gasteiger partial charge < -0.3 is 10.0 Å². The van der Waals surface area contributed by atoms with Crippen LogP contribution in [0.2, 0.25) is 0 Å². The Hall–Kier alpha value is -2.24. The van der Waals surface area contributed by atoms with Crippen LogP contribution >= 0.6 is 0 Å². The fraction of sp³-hybridized carbons (Fsp3) is 0.429. The largest absolute Gasteiger partial charge is 0.391 e. The summed E-state index contributed by atoms with van der Waals surface area (Å²) in [7, 11) is 1.94. The Morgan fingerprint density at radius 1 is 1.23 bits per heavy atom. The predicted molar refractivity (Wildman–Crippen MR) is 101 cm³/mol. The zero-order valence-electron chi connectivity index (χ0n) is 15.3. The molecule has 1 fully saturated rings. The van der Waals surface area contributed by atoms with Gasteiger partial charge >= 0.3 is 0 Å². The van der Waals surface area contributed by atoms with Gasteiger partial charge in [-0.05, 0) is 43.5 Å². The molecule has 2 aromatic rings. The van der Waals surface area contributed by atoms with E-state index in [0.29, 0.717) is 26.1 Å². The van der Waals surface area contributed by atoms with E-state index in [2.05, 4.69) is 17.1 Å². The molecule has 1 aromatic carbocycles. The van der Waals surface area contributed by atoms with Crippen LogP contribution in [0.15, 0.2) is 54.9 Å². The van der Waals surface area contributed by atoms with Crippen LogP contribution in [0.5, 0.6) is 0 Å². The molecular weight excluding hydrogens is 326 g/mol. The maximum Gasteiger partial charge on any atom is 0.237 e. The molecule has 0 spiro atoms. The second-order valence-electron chi connectivity index (χ2n) is 7.09. The number of hydrogen-bond donors (Lipinski definition) is 1. The highest BCUT2D eigenvalue weighted by atomic mass is 16.3. The molecule has 2 heterocycles. The van der Waals surface area contributed by atoms with Crippen LogP contribution in [-0.4, -0.2) is 58.1 Å². The van der Waals surface area contributed by atoms with Crippen LogP contribution in [0.3, 0.4) is 0 Å². The Balaban J connectivity index is 1.63. The van der Waals surface area contributed by atoms with E-state index >= 15 is 0 Å². The van der Waals surface area contributed by atoms with Gasteiger partial charge in [0.25, 0.3) is 0 Å². The van der Waals surface area contributed by atoms with Crippen molar-refractivity contribution in [2.24, 2.45) is 0 Å². The number of pyridine rings is 1. The van der Waals surface area contributed by atoms with Crippen molar-refractivity contribution in [2.45, 2.75) is 38.0 Å². The molecule has 0 aliphatic carbocycles. The summed E-state index contributed by atoms with van der Waals surface area (Å²) in [5.41, 5.74) is 2.24. The van der Waals surface area contributed by atoms with Gasteiger partial charge in [0.05, 0.1) is 18.7 Å². The highest BCUT2D eigenvalue weighted by Crippen LogP contribution is 2.22. The number of nitrogens with zero attached hydrogens (tertiary/aromatic N) is 3. The summed E-state index contributed by atoms with van der Waals surface area (Å²) in [5.74, 6) is 0.0797. The number of rotatable bonds is 6. The van der Waals surface area contributed by atoms with Gasteiger partial charge in [0, 0.05) is 25.5 Å². The quantitative estimate of drug-likeness (QED) is 0.864. The number of piperidine rings is 1. The molecular formula is C21H27N3O2. The summed E-state index contributed by atoms with van der Waals surface area (Å²) in [6, 6.07) is 13.9. The first kappa shape index (κ1) is 18.5. The number of carbonyl (C=O) groups is 1. The standard InChI is InChI=1S/C21H27N3O2/c1-23(15-18-9-5-11-22-14-18)16-21(26)24-12-6-10-20(25)19(24)13-17-7-3-2-4-8-17/h2-5,7-9,11,14,19-20,25H,6,10,12-13,15-16H2,1H3/t19-,20-/m0/s1. The summed E-state index contributed by atoms with van der Waals surface area (Å²) in [4.78, 5) is 20.9. The van der Waals surface area contributed by atoms with Gasteiger partial charge in [-0.25, -0.2) is 0 Å². The second-order valence-corrected chi connectivity index (χ2v) is 7.09. The van der Waals surface area contributed by atoms with Crippen LogP contribution < -0.4 is 0 Å². The van der Waals surface area contributed by atoms with Crippen molar-refractivity contribution in [3.63, 3.8) is 0 Å². The van der Waals surface area contributed by atoms with Crippen molar-refractivity contribution < 1.29 is 9.90 Å². The normalized spacial score (nSPS) is 20.3. The summed E-state index contributed by atoms with van der Waals surface area (Å²) in [6.07, 6.45) is 5.41. The van der Waals surface area contributed by atoms with E-state index in [1.54, 1.807) is 6.20 Å². The third-order valence-electron chi connectivity index (χ3n) is 4.93. The van der Waals surface area contributed by atoms with Crippen LogP contribution in [0.1, 0.15) is 24.0 Å². The summed E-state index contributed by atoms with van der Waals surface area (Å²) >= 11 is 0. The number of benzene rings is 1. The number of likely N-dealkylation sites (N-methyl/N-ethyl adjacent to an activating group) is 1. The monoisotopic (exact) mass is 353 g/mol. The van der Waals surface area contributed by atoms with Crippen molar-refractivity contribution in [1.29, 1.82) is 0 Å². The summed E-state index contributed by atoms with van der Waals surface area (Å²) in [5, 5.41) is 10.5. The van der Waals surface area contributed by atoms with E-state index in [0.717, 1.165) is 24.0 Å². The van der Waals surface area contributed by atoms with Crippen molar-refractivity contribution in [1.82, 2.24) is 14.8 Å². The molecule has 1 aromatic heterocycles. The fourth-order valence-corrected chi connectivity index (χ4v) is 3.63. The number of aliphatic hydroxyl groups excluding tert-OH is 1. The van der Waals surface area contributed by atoms with Gasteiger partial charge in [-0.2, -0.15) is 0 Å². The molecule has 5 heteroatoms. The van der Waals surface area contributed by atoms with Crippen LogP contribution in [-0.2, 0) is 17.8 Å². The number of likely N-dealkylation sites (tertiary alicyclic amines) is 1. The molecule has 1 amide bonds. The van der Waals surface area contributed by atoms with Gasteiger partial charge in [-0.3, -0.25) is 14.7 Å². The lowest BCUT2D eigenvalue weighted by Crippen LogP contribution is -2.54. The first-order chi connectivity index (χ1) is 12.6. The summed E-state index contributed by atoms with van der Waals surface area (Å²) < 4.78 is 0. The van der Waals surface area contributed by atoms with Crippen molar-refractivity contribution >= 4 is 5.91 Å². The van der Waals surface area contributed by atoms with Gasteiger partial charge in [-0.15, -0.1) is 0 Å². The molecule has 26 heavy (non-hydrogen) atoms. The number of carbonyl (C=O) groups excluding carboxylic acids is 1. The molecule has 5 nitrogen and oxygen atoms in total. The lowest BCUT2D eigenvalue weighted by molar-refractivity contribution is -0.139. The predicted octanol–water partition coefficient (Wildman–Crippen LogP) is 2.11. The molecule has 0 radical (unpaired) electrons. The number of aromatic nitrogens is 1. The first-order valence-electron chi connectivity index (χ1n) is 9.22. The van der Waals surface area contributed by atoms with Gasteiger partial charge in [-0.1, -0.05) is 36.4 Å². The Bertz CT molecular complexity index is 693. The smallest absolute Gasteiger partial charge is 0.237 e. The van der Waals surface area contributed by atoms with Crippen molar-refractivity contribution in [3.05, 3.63) is 66.0 Å². The molecule has 138 valence electrons. The van der Waals surface area contributed by atoms with E-state index in [4.69, 9.17) is 0 Å². The second kappa shape index (κ2) is 8.92. The Morgan fingerprint density at radius 3 is 2.73 bits per heavy atom. The zero-order chi connectivity index (χ0) is 18.4. The van der Waals surface area contributed by atoms with Gasteiger partial charge in [0.15, 0.2) is 0 Å². The Kier molecular flexibility index (Phi) is 6.36. The highest BCUT2D eigenvalue weighted by molar-refractivity contribution is 5.78. The molecule has 1 N–H and O–H groups in total. The molecule has 0 unspecified atom stereocenters. The minimum absolute atomic E-state index is 0.0797. The van der Waals surface area contributed by atoms with Crippen molar-refractivity contribution in [2.75, 3.05) is 20.1 Å². The van der Waals surface area contributed by atoms with Gasteiger partial charge in [0.1, 0.15) is 0 Å². The van der Waals surface area contributed by atoms with E-state index < -0.39 is 6.10 Å². The lowest BCUT2D eigenvalue weighted by Gasteiger charge is -2.40. The maximum atomic E-state index is 12.9. The minimum Gasteiger partial charge on any atom is -0.391 e. The van der Waals surface area contributed by atoms with E-state index in [1.807, 2.05) is 53.4 Å². The van der Waals surface area contributed by atoms with Crippen LogP contribution in [0.4, 0.5) is 0 Å². The lowest BCUT2D eigenvalue weighted by atomic mass is 9.93. The van der Waals surface area contributed by atoms with Crippen LogP contribution in [0, 0.1) is 0 Å². The number of aliphatic hydroxyl groups is 1. The Labute approximate surface area is 155 Å². The molecule has 0 bridgehead atoms. The topological polar surface area (TPSA) is 56.7 Å². The summed E-state index contributed by atoms with van der Waals surface area (Å²) in [6.45, 7) is 1.74. The third kappa shape index (κ3) is 4.90. The van der Waals surface area contributed by atoms with E-state index in [9.17, 15) is 9.90 Å². The van der Waals surface area contributed by atoms with Crippen molar-refractivity contribution in [3.8, 4) is 0 Å². The third-order valence-corrected chi connectivity index (χ3v) is 4.93. The maximum absolute atomic E-state index is 12.9. The minimum atomic E-state index is -0.462. The molecule has 3 rings (SSSR count). The first-order valence-corrected chi connectivity index (χ1v) is 9.22. The van der Waals surface area contributed by atoms with Gasteiger partial charge in [0.2, 0.25) is 5.91 Å². The van der Waals surface area contributed by atoms with Crippen LogP contribution in [0.25, 0.3) is 0 Å². The molecule has 1 aliphatic heterocycles. The van der Waals surface area contributed by atoms with E-state index in [-0.39, 0.29) is 11.9 Å². The molecule has 1 aliphatic rings. The average Bonchev–Trinajstić information content (AvgIpc) is 2.65. The Morgan fingerprint density at radius 2 is 2.00 bits per heavy atom. The zero-order valence-corrected chi connectivity index (χ0v) is 15.3. The number of hydrogen-bond acceptors (Lipinski definition) is 4. The SMILES string of the molecule is CN(CC(=O)N1CCC[C@H](O)[C@@H]1Cc1ccccc1)Cc1cccnc1. The molecule has 2 atom stereocenters. The number of amides is 1. The highest BCUT2D eigenvalue weighted by Gasteiger charge is 2.33. The molecule has 0 saturated carbocycles. The molecule has 1 saturated heterocycles.